The van der Waals surface area contributed by atoms with Crippen LogP contribution in [0.1, 0.15) is 11.1 Å². The number of nitrogens with one attached hydrogen (secondary N) is 1. The van der Waals surface area contributed by atoms with Crippen LogP contribution in [-0.4, -0.2) is 30.6 Å². The Bertz CT molecular complexity index is 1050. The molecule has 1 N–H and O–H groups in total. The van der Waals surface area contributed by atoms with Gasteiger partial charge in [-0.2, -0.15) is 22.0 Å². The predicted octanol–water partition coefficient (Wildman–Crippen LogP) is 4.13. The summed E-state index contributed by atoms with van der Waals surface area (Å²) in [5.41, 5.74) is 0.154. The number of aliphatic imine (C=N–C) groups is 1. The molecule has 30 heavy (non-hydrogen) atoms. The van der Waals surface area contributed by atoms with E-state index >= 15 is 0 Å². The number of ether oxygens (including phenoxy) is 2. The number of carbonyl (C=O) groups excluding carboxylic acids is 2. The largest absolute Gasteiger partial charge is 0.471 e. The van der Waals surface area contributed by atoms with Crippen LogP contribution in [0.5, 0.6) is 5.75 Å². The van der Waals surface area contributed by atoms with Gasteiger partial charge in [-0.25, -0.2) is 9.79 Å². The fourth-order valence-corrected chi connectivity index (χ4v) is 2.40. The molecule has 1 heterocycles. The van der Waals surface area contributed by atoms with Gasteiger partial charge < -0.3 is 14.8 Å². The van der Waals surface area contributed by atoms with Crippen molar-refractivity contribution in [3.63, 3.8) is 0 Å². The van der Waals surface area contributed by atoms with Crippen molar-refractivity contribution in [2.75, 3.05) is 5.32 Å². The quantitative estimate of drug-likeness (QED) is 0.443. The fourth-order valence-electron chi connectivity index (χ4n) is 2.40. The number of halogens is 5. The van der Waals surface area contributed by atoms with Gasteiger partial charge in [0.2, 0.25) is 5.90 Å². The first kappa shape index (κ1) is 21.0. The molecule has 1 aliphatic heterocycles. The Balaban J connectivity index is 1.83. The van der Waals surface area contributed by atoms with Crippen LogP contribution in [0, 0.1) is 0 Å². The Morgan fingerprint density at radius 2 is 1.87 bits per heavy atom. The fraction of sp³-hybridized carbons (Fsp3) is 0.105. The number of alkyl halides is 5. The molecule has 156 valence electrons. The average Bonchev–Trinajstić information content (AvgIpc) is 3.01. The van der Waals surface area contributed by atoms with E-state index in [1.165, 1.54) is 54.6 Å². The van der Waals surface area contributed by atoms with E-state index in [1.807, 2.05) is 0 Å². The van der Waals surface area contributed by atoms with E-state index in [1.54, 1.807) is 5.32 Å². The maximum atomic E-state index is 12.4. The normalized spacial score (nSPS) is 15.2. The lowest BCUT2D eigenvalue weighted by Crippen LogP contribution is -2.29. The Kier molecular flexibility index (Phi) is 5.81. The Hall–Kier alpha value is -3.76. The molecule has 6 nitrogen and oxygen atoms in total. The number of amides is 1. The van der Waals surface area contributed by atoms with Gasteiger partial charge in [0.15, 0.2) is 5.70 Å². The van der Waals surface area contributed by atoms with Gasteiger partial charge in [0.1, 0.15) is 5.75 Å². The number of carbonyl (C=O) groups is 2. The van der Waals surface area contributed by atoms with E-state index in [0.29, 0.717) is 0 Å². The first-order valence-corrected chi connectivity index (χ1v) is 8.18. The summed E-state index contributed by atoms with van der Waals surface area (Å²) in [6.07, 6.45) is -3.82. The summed E-state index contributed by atoms with van der Waals surface area (Å²) in [4.78, 5) is 27.1. The summed E-state index contributed by atoms with van der Waals surface area (Å²) in [5.74, 6) is -3.31. The van der Waals surface area contributed by atoms with Crippen LogP contribution in [0.4, 0.5) is 27.6 Å². The maximum Gasteiger partial charge on any atom is 0.471 e. The molecular weight excluding hydrogens is 415 g/mol. The highest BCUT2D eigenvalue weighted by molar-refractivity contribution is 6.13. The second-order valence-corrected chi connectivity index (χ2v) is 5.82. The molecule has 1 amide bonds. The molecule has 0 radical (unpaired) electrons. The van der Waals surface area contributed by atoms with Crippen LogP contribution < -0.4 is 10.1 Å². The van der Waals surface area contributed by atoms with E-state index in [4.69, 9.17) is 4.74 Å². The van der Waals surface area contributed by atoms with E-state index in [2.05, 4.69) is 9.73 Å². The molecular formula is C19H11F5N2O4. The first-order chi connectivity index (χ1) is 14.1. The topological polar surface area (TPSA) is 77.0 Å². The summed E-state index contributed by atoms with van der Waals surface area (Å²) < 4.78 is 71.1. The lowest BCUT2D eigenvalue weighted by molar-refractivity contribution is -0.167. The number of esters is 1. The number of benzene rings is 2. The molecule has 0 atom stereocenters. The molecule has 0 fully saturated rings. The van der Waals surface area contributed by atoms with Crippen molar-refractivity contribution in [1.82, 2.24) is 0 Å². The van der Waals surface area contributed by atoms with Gasteiger partial charge in [-0.05, 0) is 42.0 Å². The minimum atomic E-state index is -5.05. The van der Waals surface area contributed by atoms with Gasteiger partial charge in [-0.3, -0.25) is 4.79 Å². The SMILES string of the molecule is O=C1OC(c2cccc(OC(F)F)c2)=NC1=Cc1cccc(NC(=O)C(F)(F)F)c1. The lowest BCUT2D eigenvalue weighted by Gasteiger charge is -2.08. The highest BCUT2D eigenvalue weighted by atomic mass is 19.4. The zero-order valence-electron chi connectivity index (χ0n) is 14.7. The van der Waals surface area contributed by atoms with Crippen LogP contribution in [0.25, 0.3) is 6.08 Å². The van der Waals surface area contributed by atoms with Crippen molar-refractivity contribution < 1.29 is 41.0 Å². The number of cyclic esters (lactones) is 1. The third kappa shape index (κ3) is 5.19. The third-order valence-electron chi connectivity index (χ3n) is 3.63. The van der Waals surface area contributed by atoms with Crippen LogP contribution in [0.15, 0.2) is 59.2 Å². The third-order valence-corrected chi connectivity index (χ3v) is 3.63. The summed E-state index contributed by atoms with van der Waals surface area (Å²) >= 11 is 0. The molecule has 11 heteroatoms. The number of hydrogen-bond donors (Lipinski definition) is 1. The summed E-state index contributed by atoms with van der Waals surface area (Å²) in [5, 5.41) is 1.69. The average molecular weight is 426 g/mol. The van der Waals surface area contributed by atoms with E-state index in [-0.39, 0.29) is 34.2 Å². The van der Waals surface area contributed by atoms with Gasteiger partial charge in [-0.1, -0.05) is 18.2 Å². The smallest absolute Gasteiger partial charge is 0.435 e. The highest BCUT2D eigenvalue weighted by Gasteiger charge is 2.38. The first-order valence-electron chi connectivity index (χ1n) is 8.18. The van der Waals surface area contributed by atoms with E-state index in [9.17, 15) is 31.5 Å². The summed E-state index contributed by atoms with van der Waals surface area (Å²) in [6.45, 7) is -3.03. The maximum absolute atomic E-state index is 12.4. The Labute approximate surface area is 165 Å². The van der Waals surface area contributed by atoms with Gasteiger partial charge >= 0.3 is 24.7 Å². The molecule has 1 aliphatic rings. The van der Waals surface area contributed by atoms with Gasteiger partial charge in [0.05, 0.1) is 0 Å². The van der Waals surface area contributed by atoms with Crippen molar-refractivity contribution in [3.05, 3.63) is 65.4 Å². The zero-order chi connectivity index (χ0) is 21.9. The van der Waals surface area contributed by atoms with Gasteiger partial charge in [-0.15, -0.1) is 0 Å². The van der Waals surface area contributed by atoms with E-state index < -0.39 is 24.7 Å². The summed E-state index contributed by atoms with van der Waals surface area (Å²) in [6, 6.07) is 10.6. The predicted molar refractivity (Wildman–Crippen MR) is 94.8 cm³/mol. The van der Waals surface area contributed by atoms with Crippen molar-refractivity contribution in [3.8, 4) is 5.75 Å². The van der Waals surface area contributed by atoms with E-state index in [0.717, 1.165) is 0 Å². The van der Waals surface area contributed by atoms with Crippen LogP contribution in [0.2, 0.25) is 0 Å². The Morgan fingerprint density at radius 3 is 2.57 bits per heavy atom. The number of nitrogens with zero attached hydrogens (tertiary/aromatic N) is 1. The molecule has 0 saturated carbocycles. The van der Waals surface area contributed by atoms with Crippen molar-refractivity contribution in [2.45, 2.75) is 12.8 Å². The lowest BCUT2D eigenvalue weighted by atomic mass is 10.1. The van der Waals surface area contributed by atoms with Crippen LogP contribution in [0.3, 0.4) is 0 Å². The number of rotatable bonds is 5. The molecule has 2 aromatic carbocycles. The van der Waals surface area contributed by atoms with Gasteiger partial charge in [0, 0.05) is 11.3 Å². The molecule has 0 saturated heterocycles. The number of hydrogen-bond acceptors (Lipinski definition) is 5. The van der Waals surface area contributed by atoms with Crippen LogP contribution >= 0.6 is 0 Å². The molecule has 0 bridgehead atoms. The minimum Gasteiger partial charge on any atom is -0.435 e. The molecule has 0 aromatic heterocycles. The summed E-state index contributed by atoms with van der Waals surface area (Å²) in [7, 11) is 0. The second-order valence-electron chi connectivity index (χ2n) is 5.82. The zero-order valence-corrected chi connectivity index (χ0v) is 14.7. The highest BCUT2D eigenvalue weighted by Crippen LogP contribution is 2.24. The van der Waals surface area contributed by atoms with Crippen molar-refractivity contribution >= 4 is 29.5 Å². The standard InChI is InChI=1S/C19H11F5N2O4/c20-18(21)29-13-6-2-4-11(9-13)15-26-14(16(27)30-15)8-10-3-1-5-12(7-10)25-17(28)19(22,23)24/h1-9,18H,(H,25,28). The molecule has 3 rings (SSSR count). The monoisotopic (exact) mass is 426 g/mol. The Morgan fingerprint density at radius 1 is 1.13 bits per heavy atom. The molecule has 0 aliphatic carbocycles. The van der Waals surface area contributed by atoms with Crippen LogP contribution in [-0.2, 0) is 14.3 Å². The van der Waals surface area contributed by atoms with Crippen molar-refractivity contribution in [2.24, 2.45) is 4.99 Å². The van der Waals surface area contributed by atoms with Gasteiger partial charge in [0.25, 0.3) is 0 Å². The number of anilines is 1. The molecule has 2 aromatic rings. The molecule has 0 spiro atoms. The minimum absolute atomic E-state index is 0.140. The molecule has 0 unspecified atom stereocenters. The second kappa shape index (κ2) is 8.31. The van der Waals surface area contributed by atoms with Crippen molar-refractivity contribution in [1.29, 1.82) is 0 Å².